The van der Waals surface area contributed by atoms with Crippen LogP contribution in [0.4, 0.5) is 13.2 Å². The van der Waals surface area contributed by atoms with E-state index in [1.807, 2.05) is 30.3 Å². The van der Waals surface area contributed by atoms with Gasteiger partial charge in [0.2, 0.25) is 0 Å². The van der Waals surface area contributed by atoms with Crippen molar-refractivity contribution in [1.29, 1.82) is 0 Å². The zero-order valence-electron chi connectivity index (χ0n) is 15.7. The van der Waals surface area contributed by atoms with Gasteiger partial charge in [0.25, 0.3) is 5.91 Å². The van der Waals surface area contributed by atoms with Crippen molar-refractivity contribution in [3.63, 3.8) is 0 Å². The molecule has 2 aromatic rings. The largest absolute Gasteiger partial charge is 0.417 e. The summed E-state index contributed by atoms with van der Waals surface area (Å²) in [5.41, 5.74) is -0.533. The van der Waals surface area contributed by atoms with E-state index < -0.39 is 22.7 Å². The number of carbonyl (C=O) groups excluding carboxylic acids is 1. The molecule has 2 bridgehead atoms. The lowest BCUT2D eigenvalue weighted by atomic mass is 9.73. The summed E-state index contributed by atoms with van der Waals surface area (Å²) in [6.07, 6.45) is -0.567. The number of benzene rings is 2. The van der Waals surface area contributed by atoms with Crippen LogP contribution in [-0.4, -0.2) is 18.0 Å². The molecule has 3 nitrogen and oxygen atoms in total. The molecule has 0 aromatic heterocycles. The van der Waals surface area contributed by atoms with Crippen LogP contribution in [0.5, 0.6) is 0 Å². The maximum Gasteiger partial charge on any atom is 0.417 e. The highest BCUT2D eigenvalue weighted by molar-refractivity contribution is 6.34. The van der Waals surface area contributed by atoms with Gasteiger partial charge >= 0.3 is 6.18 Å². The Hall–Kier alpha value is -2.05. The second-order valence-electron chi connectivity index (χ2n) is 7.98. The lowest BCUT2D eigenvalue weighted by molar-refractivity contribution is -0.137. The zero-order chi connectivity index (χ0) is 20.6. The number of amides is 1. The Morgan fingerprint density at radius 3 is 2.66 bits per heavy atom. The van der Waals surface area contributed by atoms with Gasteiger partial charge in [-0.2, -0.15) is 13.2 Å². The Morgan fingerprint density at radius 2 is 1.93 bits per heavy atom. The molecule has 154 valence electrons. The highest BCUT2D eigenvalue weighted by Gasteiger charge is 2.48. The molecule has 2 fully saturated rings. The number of nitrogens with one attached hydrogen (secondary N) is 2. The summed E-state index contributed by atoms with van der Waals surface area (Å²) in [5, 5.41) is 6.05. The minimum Gasteiger partial charge on any atom is -0.343 e. The third kappa shape index (κ3) is 3.88. The number of fused-ring (bicyclic) bond motifs is 2. The molecule has 3 unspecified atom stereocenters. The van der Waals surface area contributed by atoms with E-state index in [0.29, 0.717) is 5.92 Å². The summed E-state index contributed by atoms with van der Waals surface area (Å²) in [4.78, 5) is 13.1. The molecule has 2 aliphatic rings. The lowest BCUT2D eigenvalue weighted by Crippen LogP contribution is -2.52. The maximum atomic E-state index is 13.2. The number of hydrogen-bond donors (Lipinski definition) is 2. The molecular weight excluding hydrogens is 401 g/mol. The Labute approximate surface area is 172 Å². The van der Waals surface area contributed by atoms with Gasteiger partial charge in [0.15, 0.2) is 0 Å². The Balaban J connectivity index is 1.68. The molecule has 29 heavy (non-hydrogen) atoms. The molecule has 1 amide bonds. The highest BCUT2D eigenvalue weighted by atomic mass is 35.5. The second-order valence-corrected chi connectivity index (χ2v) is 8.36. The van der Waals surface area contributed by atoms with Crippen LogP contribution < -0.4 is 10.6 Å². The number of halogens is 4. The molecule has 1 aliphatic heterocycles. The summed E-state index contributed by atoms with van der Waals surface area (Å²) in [5.74, 6) is -0.0378. The molecule has 0 radical (unpaired) electrons. The lowest BCUT2D eigenvalue weighted by Gasteiger charge is -2.41. The van der Waals surface area contributed by atoms with E-state index in [0.717, 1.165) is 43.9 Å². The molecule has 1 heterocycles. The van der Waals surface area contributed by atoms with Gasteiger partial charge in [-0.05, 0) is 49.4 Å². The molecule has 1 saturated carbocycles. The average molecular weight is 423 g/mol. The van der Waals surface area contributed by atoms with Crippen LogP contribution in [0.25, 0.3) is 0 Å². The quantitative estimate of drug-likeness (QED) is 0.696. The average Bonchev–Trinajstić information content (AvgIpc) is 3.00. The van der Waals surface area contributed by atoms with Crippen molar-refractivity contribution in [2.24, 2.45) is 5.92 Å². The van der Waals surface area contributed by atoms with Crippen molar-refractivity contribution in [2.75, 3.05) is 6.54 Å². The van der Waals surface area contributed by atoms with Crippen molar-refractivity contribution < 1.29 is 18.0 Å². The van der Waals surface area contributed by atoms with Crippen molar-refractivity contribution in [3.8, 4) is 0 Å². The summed E-state index contributed by atoms with van der Waals surface area (Å²) in [6, 6.07) is 12.7. The van der Waals surface area contributed by atoms with Gasteiger partial charge in [-0.1, -0.05) is 54.4 Å². The van der Waals surface area contributed by atoms with Gasteiger partial charge in [0.05, 0.1) is 22.2 Å². The van der Waals surface area contributed by atoms with Crippen molar-refractivity contribution in [2.45, 2.75) is 43.4 Å². The smallest absolute Gasteiger partial charge is 0.343 e. The van der Waals surface area contributed by atoms with E-state index in [-0.39, 0.29) is 17.1 Å². The Morgan fingerprint density at radius 1 is 1.17 bits per heavy atom. The first-order valence-corrected chi connectivity index (χ1v) is 10.1. The van der Waals surface area contributed by atoms with Gasteiger partial charge in [0, 0.05) is 5.54 Å². The van der Waals surface area contributed by atoms with Crippen LogP contribution in [0.3, 0.4) is 0 Å². The summed E-state index contributed by atoms with van der Waals surface area (Å²) < 4.78 is 39.6. The van der Waals surface area contributed by atoms with E-state index in [4.69, 9.17) is 11.6 Å². The maximum absolute atomic E-state index is 13.2. The predicted octanol–water partition coefficient (Wildman–Crippen LogP) is 5.36. The van der Waals surface area contributed by atoms with E-state index in [1.165, 1.54) is 12.1 Å². The Bertz CT molecular complexity index is 899. The van der Waals surface area contributed by atoms with Crippen LogP contribution in [0.1, 0.15) is 53.2 Å². The number of hydrogen-bond acceptors (Lipinski definition) is 2. The molecular formula is C22H22ClF3N2O. The number of rotatable bonds is 4. The van der Waals surface area contributed by atoms with E-state index in [1.54, 1.807) is 0 Å². The topological polar surface area (TPSA) is 41.1 Å². The summed E-state index contributed by atoms with van der Waals surface area (Å²) in [6.45, 7) is 0.892. The minimum atomic E-state index is -4.62. The molecule has 4 rings (SSSR count). The SMILES string of the molecule is O=C(NC(c1ccccc1)C12CCCC(CN1)C2)c1cccc(C(F)(F)F)c1Cl. The second kappa shape index (κ2) is 7.65. The van der Waals surface area contributed by atoms with Crippen LogP contribution in [0, 0.1) is 5.92 Å². The third-order valence-corrected chi connectivity index (χ3v) is 6.55. The minimum absolute atomic E-state index is 0.163. The van der Waals surface area contributed by atoms with E-state index in [9.17, 15) is 18.0 Å². The monoisotopic (exact) mass is 422 g/mol. The van der Waals surface area contributed by atoms with Crippen LogP contribution in [-0.2, 0) is 6.18 Å². The fourth-order valence-electron chi connectivity index (χ4n) is 4.79. The summed E-state index contributed by atoms with van der Waals surface area (Å²) in [7, 11) is 0. The molecule has 1 saturated heterocycles. The van der Waals surface area contributed by atoms with Gasteiger partial charge in [-0.15, -0.1) is 0 Å². The van der Waals surface area contributed by atoms with Crippen LogP contribution >= 0.6 is 11.6 Å². The van der Waals surface area contributed by atoms with Gasteiger partial charge in [-0.3, -0.25) is 4.79 Å². The molecule has 3 atom stereocenters. The number of carbonyl (C=O) groups is 1. The normalized spacial score (nSPS) is 24.9. The zero-order valence-corrected chi connectivity index (χ0v) is 16.5. The molecule has 0 spiro atoms. The van der Waals surface area contributed by atoms with Crippen LogP contribution in [0.2, 0.25) is 5.02 Å². The number of alkyl halides is 3. The third-order valence-electron chi connectivity index (χ3n) is 6.14. The summed E-state index contributed by atoms with van der Waals surface area (Å²) >= 11 is 5.98. The van der Waals surface area contributed by atoms with Gasteiger partial charge < -0.3 is 10.6 Å². The molecule has 1 aliphatic carbocycles. The van der Waals surface area contributed by atoms with Crippen LogP contribution in [0.15, 0.2) is 48.5 Å². The standard InChI is InChI=1S/C22H22ClF3N2O/c23-18-16(9-4-10-17(18)22(24,25)26)20(29)28-19(15-7-2-1-3-8-15)21-11-5-6-14(12-21)13-27-21/h1-4,7-10,14,19,27H,5-6,11-13H2,(H,28,29). The van der Waals surface area contributed by atoms with Gasteiger partial charge in [0.1, 0.15) is 0 Å². The predicted molar refractivity (Wildman–Crippen MR) is 106 cm³/mol. The van der Waals surface area contributed by atoms with E-state index in [2.05, 4.69) is 10.6 Å². The molecule has 7 heteroatoms. The first-order valence-electron chi connectivity index (χ1n) is 9.77. The highest BCUT2D eigenvalue weighted by Crippen LogP contribution is 2.45. The fraction of sp³-hybridized carbons (Fsp3) is 0.409. The fourth-order valence-corrected chi connectivity index (χ4v) is 5.11. The van der Waals surface area contributed by atoms with Crippen molar-refractivity contribution in [1.82, 2.24) is 10.6 Å². The van der Waals surface area contributed by atoms with Gasteiger partial charge in [-0.25, -0.2) is 0 Å². The first-order chi connectivity index (χ1) is 13.8. The van der Waals surface area contributed by atoms with Crippen molar-refractivity contribution in [3.05, 3.63) is 70.2 Å². The Kier molecular flexibility index (Phi) is 5.34. The molecule has 2 N–H and O–H groups in total. The first kappa shape index (κ1) is 20.2. The molecule has 2 aromatic carbocycles. The van der Waals surface area contributed by atoms with Crippen molar-refractivity contribution >= 4 is 17.5 Å². The van der Waals surface area contributed by atoms with E-state index >= 15 is 0 Å².